The van der Waals surface area contributed by atoms with E-state index in [1.807, 2.05) is 18.4 Å². The van der Waals surface area contributed by atoms with E-state index < -0.39 is 11.9 Å². The fourth-order valence-electron chi connectivity index (χ4n) is 1.78. The topological polar surface area (TPSA) is 69.6 Å². The predicted octanol–water partition coefficient (Wildman–Crippen LogP) is 3.15. The van der Waals surface area contributed by atoms with E-state index in [0.29, 0.717) is 13.0 Å². The second kappa shape index (κ2) is 8.26. The molecule has 0 aliphatic rings. The van der Waals surface area contributed by atoms with E-state index in [1.54, 1.807) is 23.3 Å². The molecule has 0 aliphatic heterocycles. The summed E-state index contributed by atoms with van der Waals surface area (Å²) in [5.41, 5.74) is 1.04. The van der Waals surface area contributed by atoms with E-state index in [9.17, 15) is 9.59 Å². The van der Waals surface area contributed by atoms with Gasteiger partial charge in [-0.3, -0.25) is 4.79 Å². The summed E-state index contributed by atoms with van der Waals surface area (Å²) in [4.78, 5) is 24.4. The van der Waals surface area contributed by atoms with Crippen molar-refractivity contribution in [2.24, 2.45) is 5.92 Å². The van der Waals surface area contributed by atoms with Crippen LogP contribution in [-0.2, 0) is 11.3 Å². The lowest BCUT2D eigenvalue weighted by molar-refractivity contribution is -0.141. The minimum absolute atomic E-state index is 0.166. The standard InChI is InChI=1S/C13H19BrN2O3S/c1-3-4-10(12(17)18)6-15-13(19)16(2)7-9-5-11(14)20-8-9/h5,8,10H,3-4,6-7H2,1-2H3,(H,15,19)(H,17,18). The van der Waals surface area contributed by atoms with Crippen LogP contribution in [0.4, 0.5) is 4.79 Å². The molecule has 1 rings (SSSR count). The summed E-state index contributed by atoms with van der Waals surface area (Å²) in [5, 5.41) is 13.7. The Morgan fingerprint density at radius 2 is 2.25 bits per heavy atom. The first kappa shape index (κ1) is 17.0. The van der Waals surface area contributed by atoms with Gasteiger partial charge in [-0.2, -0.15) is 0 Å². The molecule has 5 nitrogen and oxygen atoms in total. The van der Waals surface area contributed by atoms with E-state index in [-0.39, 0.29) is 12.6 Å². The zero-order valence-corrected chi connectivity index (χ0v) is 14.0. The molecule has 112 valence electrons. The lowest BCUT2D eigenvalue weighted by atomic mass is 10.0. The number of carboxylic acid groups (broad SMARTS) is 1. The van der Waals surface area contributed by atoms with Gasteiger partial charge >= 0.3 is 12.0 Å². The number of hydrogen-bond acceptors (Lipinski definition) is 3. The van der Waals surface area contributed by atoms with Gasteiger partial charge in [-0.1, -0.05) is 13.3 Å². The van der Waals surface area contributed by atoms with Crippen LogP contribution < -0.4 is 5.32 Å². The molecule has 0 bridgehead atoms. The fourth-order valence-corrected chi connectivity index (χ4v) is 2.98. The van der Waals surface area contributed by atoms with Gasteiger partial charge in [0.25, 0.3) is 0 Å². The highest BCUT2D eigenvalue weighted by molar-refractivity contribution is 9.11. The normalized spacial score (nSPS) is 11.9. The van der Waals surface area contributed by atoms with Crippen LogP contribution in [0.15, 0.2) is 15.2 Å². The smallest absolute Gasteiger partial charge is 0.317 e. The van der Waals surface area contributed by atoms with Gasteiger partial charge in [0.2, 0.25) is 0 Å². The van der Waals surface area contributed by atoms with Gasteiger partial charge in [0.1, 0.15) is 0 Å². The highest BCUT2D eigenvalue weighted by Crippen LogP contribution is 2.21. The van der Waals surface area contributed by atoms with Crippen LogP contribution in [0.2, 0.25) is 0 Å². The zero-order chi connectivity index (χ0) is 15.1. The molecule has 1 atom stereocenters. The van der Waals surface area contributed by atoms with Gasteiger partial charge in [-0.15, -0.1) is 11.3 Å². The van der Waals surface area contributed by atoms with Crippen LogP contribution in [-0.4, -0.2) is 35.6 Å². The van der Waals surface area contributed by atoms with E-state index in [0.717, 1.165) is 15.8 Å². The molecular formula is C13H19BrN2O3S. The molecular weight excluding hydrogens is 344 g/mol. The average molecular weight is 363 g/mol. The lowest BCUT2D eigenvalue weighted by Gasteiger charge is -2.19. The fraction of sp³-hybridized carbons (Fsp3) is 0.538. The summed E-state index contributed by atoms with van der Waals surface area (Å²) in [5.74, 6) is -1.38. The van der Waals surface area contributed by atoms with Crippen LogP contribution >= 0.6 is 27.3 Å². The Kier molecular flexibility index (Phi) is 7.01. The highest BCUT2D eigenvalue weighted by atomic mass is 79.9. The molecule has 2 amide bonds. The number of nitrogens with one attached hydrogen (secondary N) is 1. The Balaban J connectivity index is 2.43. The number of carboxylic acids is 1. The molecule has 0 spiro atoms. The van der Waals surface area contributed by atoms with Crippen LogP contribution in [0.3, 0.4) is 0 Å². The summed E-state index contributed by atoms with van der Waals surface area (Å²) >= 11 is 4.94. The number of carbonyl (C=O) groups is 2. The Bertz CT molecular complexity index is 464. The summed E-state index contributed by atoms with van der Waals surface area (Å²) in [6, 6.07) is 1.71. The van der Waals surface area contributed by atoms with Crippen molar-refractivity contribution in [3.8, 4) is 0 Å². The van der Waals surface area contributed by atoms with Gasteiger partial charge in [0, 0.05) is 20.1 Å². The summed E-state index contributed by atoms with van der Waals surface area (Å²) < 4.78 is 1.02. The third-order valence-electron chi connectivity index (χ3n) is 2.87. The molecule has 0 radical (unpaired) electrons. The minimum atomic E-state index is -0.864. The quantitative estimate of drug-likeness (QED) is 0.782. The third kappa shape index (κ3) is 5.50. The molecule has 1 heterocycles. The molecule has 1 unspecified atom stereocenters. The van der Waals surface area contributed by atoms with Gasteiger partial charge in [-0.25, -0.2) is 4.79 Å². The van der Waals surface area contributed by atoms with Crippen LogP contribution in [0.5, 0.6) is 0 Å². The maximum Gasteiger partial charge on any atom is 0.317 e. The molecule has 0 saturated heterocycles. The first-order valence-electron chi connectivity index (χ1n) is 6.38. The Morgan fingerprint density at radius 3 is 2.75 bits per heavy atom. The summed E-state index contributed by atoms with van der Waals surface area (Å²) in [6.07, 6.45) is 1.35. The van der Waals surface area contributed by atoms with Crippen molar-refractivity contribution in [3.05, 3.63) is 20.8 Å². The molecule has 2 N–H and O–H groups in total. The molecule has 1 aromatic heterocycles. The monoisotopic (exact) mass is 362 g/mol. The van der Waals surface area contributed by atoms with Gasteiger partial charge in [-0.05, 0) is 39.4 Å². The largest absolute Gasteiger partial charge is 0.481 e. The van der Waals surface area contributed by atoms with Crippen molar-refractivity contribution in [1.29, 1.82) is 0 Å². The summed E-state index contributed by atoms with van der Waals surface area (Å²) in [6.45, 7) is 2.59. The third-order valence-corrected chi connectivity index (χ3v) is 4.43. The van der Waals surface area contributed by atoms with Crippen LogP contribution in [0, 0.1) is 5.92 Å². The van der Waals surface area contributed by atoms with Crippen molar-refractivity contribution in [2.45, 2.75) is 26.3 Å². The maximum absolute atomic E-state index is 11.9. The first-order valence-corrected chi connectivity index (χ1v) is 8.06. The van der Waals surface area contributed by atoms with E-state index in [4.69, 9.17) is 5.11 Å². The van der Waals surface area contributed by atoms with E-state index >= 15 is 0 Å². The molecule has 7 heteroatoms. The number of rotatable bonds is 7. The SMILES string of the molecule is CCCC(CNC(=O)N(C)Cc1csc(Br)c1)C(=O)O. The number of urea groups is 1. The second-order valence-corrected chi connectivity index (χ2v) is 6.92. The Hall–Kier alpha value is -1.08. The predicted molar refractivity (Wildman–Crippen MR) is 82.9 cm³/mol. The molecule has 0 aliphatic carbocycles. The van der Waals surface area contributed by atoms with E-state index in [2.05, 4.69) is 21.2 Å². The molecule has 0 aromatic carbocycles. The lowest BCUT2D eigenvalue weighted by Crippen LogP contribution is -2.40. The molecule has 0 fully saturated rings. The van der Waals surface area contributed by atoms with Gasteiger partial charge in [0.15, 0.2) is 0 Å². The molecule has 1 aromatic rings. The van der Waals surface area contributed by atoms with Crippen molar-refractivity contribution >= 4 is 39.3 Å². The van der Waals surface area contributed by atoms with Crippen LogP contribution in [0.1, 0.15) is 25.3 Å². The van der Waals surface area contributed by atoms with E-state index in [1.165, 1.54) is 0 Å². The highest BCUT2D eigenvalue weighted by Gasteiger charge is 2.18. The van der Waals surface area contributed by atoms with Crippen molar-refractivity contribution in [3.63, 3.8) is 0 Å². The zero-order valence-electron chi connectivity index (χ0n) is 11.6. The number of hydrogen-bond donors (Lipinski definition) is 2. The van der Waals surface area contributed by atoms with Crippen molar-refractivity contribution in [2.75, 3.05) is 13.6 Å². The summed E-state index contributed by atoms with van der Waals surface area (Å²) in [7, 11) is 1.69. The number of nitrogens with zero attached hydrogens (tertiary/aromatic N) is 1. The number of thiophene rings is 1. The number of carbonyl (C=O) groups excluding carboxylic acids is 1. The van der Waals surface area contributed by atoms with Crippen molar-refractivity contribution < 1.29 is 14.7 Å². The second-order valence-electron chi connectivity index (χ2n) is 4.63. The maximum atomic E-state index is 11.9. The number of aliphatic carboxylic acids is 1. The minimum Gasteiger partial charge on any atom is -0.481 e. The molecule has 0 saturated carbocycles. The van der Waals surface area contributed by atoms with Crippen LogP contribution in [0.25, 0.3) is 0 Å². The molecule has 20 heavy (non-hydrogen) atoms. The average Bonchev–Trinajstić information content (AvgIpc) is 2.79. The number of halogens is 1. The van der Waals surface area contributed by atoms with Gasteiger partial charge < -0.3 is 15.3 Å². The first-order chi connectivity index (χ1) is 9.43. The Morgan fingerprint density at radius 1 is 1.55 bits per heavy atom. The van der Waals surface area contributed by atoms with Crippen molar-refractivity contribution in [1.82, 2.24) is 10.2 Å². The van der Waals surface area contributed by atoms with Gasteiger partial charge in [0.05, 0.1) is 9.70 Å². The Labute approximate surface area is 131 Å². The number of amides is 2.